The van der Waals surface area contributed by atoms with E-state index in [2.05, 4.69) is 29.8 Å². The van der Waals surface area contributed by atoms with Gasteiger partial charge in [0.2, 0.25) is 0 Å². The Kier molecular flexibility index (Phi) is 5.69. The minimum absolute atomic E-state index is 0.111. The Bertz CT molecular complexity index is 378. The fourth-order valence-corrected chi connectivity index (χ4v) is 2.12. The van der Waals surface area contributed by atoms with Crippen molar-refractivity contribution in [2.24, 2.45) is 5.92 Å². The first-order valence-electron chi connectivity index (χ1n) is 6.13. The molecule has 0 bridgehead atoms. The standard InChI is InChI=1S/C14H20BrNO/c1-4-11(3)10-16(5-2)14(17)12-8-6-7-9-13(12)15/h6-9,11H,4-5,10H2,1-3H3. The summed E-state index contributed by atoms with van der Waals surface area (Å²) in [5, 5.41) is 0. The molecule has 17 heavy (non-hydrogen) atoms. The molecule has 0 aliphatic rings. The maximum Gasteiger partial charge on any atom is 0.254 e. The first-order chi connectivity index (χ1) is 8.10. The van der Waals surface area contributed by atoms with E-state index in [9.17, 15) is 4.79 Å². The first kappa shape index (κ1) is 14.2. The van der Waals surface area contributed by atoms with E-state index in [0.717, 1.165) is 29.5 Å². The molecule has 1 amide bonds. The van der Waals surface area contributed by atoms with Crippen LogP contribution < -0.4 is 0 Å². The Morgan fingerprint density at radius 2 is 2.00 bits per heavy atom. The van der Waals surface area contributed by atoms with Gasteiger partial charge in [0.05, 0.1) is 5.56 Å². The van der Waals surface area contributed by atoms with E-state index in [1.807, 2.05) is 36.1 Å². The summed E-state index contributed by atoms with van der Waals surface area (Å²) >= 11 is 3.43. The molecule has 0 aliphatic heterocycles. The summed E-state index contributed by atoms with van der Waals surface area (Å²) in [4.78, 5) is 14.3. The number of carbonyl (C=O) groups is 1. The number of hydrogen-bond acceptors (Lipinski definition) is 1. The Balaban J connectivity index is 2.83. The quantitative estimate of drug-likeness (QED) is 0.806. The van der Waals surface area contributed by atoms with Crippen LogP contribution in [0.3, 0.4) is 0 Å². The highest BCUT2D eigenvalue weighted by molar-refractivity contribution is 9.10. The van der Waals surface area contributed by atoms with Gasteiger partial charge in [-0.3, -0.25) is 4.79 Å². The van der Waals surface area contributed by atoms with Crippen molar-refractivity contribution >= 4 is 21.8 Å². The topological polar surface area (TPSA) is 20.3 Å². The summed E-state index contributed by atoms with van der Waals surface area (Å²) in [6.07, 6.45) is 1.10. The second-order valence-electron chi connectivity index (χ2n) is 4.34. The summed E-state index contributed by atoms with van der Waals surface area (Å²) in [5.41, 5.74) is 0.748. The minimum atomic E-state index is 0.111. The number of halogens is 1. The van der Waals surface area contributed by atoms with Crippen molar-refractivity contribution in [1.82, 2.24) is 4.90 Å². The molecule has 1 aromatic rings. The van der Waals surface area contributed by atoms with Crippen molar-refractivity contribution in [1.29, 1.82) is 0 Å². The van der Waals surface area contributed by atoms with E-state index in [1.54, 1.807) is 0 Å². The third-order valence-electron chi connectivity index (χ3n) is 3.00. The molecule has 0 heterocycles. The third-order valence-corrected chi connectivity index (χ3v) is 3.69. The van der Waals surface area contributed by atoms with Gasteiger partial charge < -0.3 is 4.90 Å². The predicted molar refractivity (Wildman–Crippen MR) is 75.2 cm³/mol. The van der Waals surface area contributed by atoms with Crippen LogP contribution >= 0.6 is 15.9 Å². The number of carbonyl (C=O) groups excluding carboxylic acids is 1. The van der Waals surface area contributed by atoms with E-state index in [1.165, 1.54) is 0 Å². The van der Waals surface area contributed by atoms with Crippen LogP contribution in [0.2, 0.25) is 0 Å². The molecule has 0 aliphatic carbocycles. The van der Waals surface area contributed by atoms with Gasteiger partial charge in [0, 0.05) is 17.6 Å². The maximum absolute atomic E-state index is 12.3. The molecule has 2 nitrogen and oxygen atoms in total. The summed E-state index contributed by atoms with van der Waals surface area (Å²) in [7, 11) is 0. The van der Waals surface area contributed by atoms with Crippen molar-refractivity contribution in [3.63, 3.8) is 0 Å². The fourth-order valence-electron chi connectivity index (χ4n) is 1.67. The average Bonchev–Trinajstić information content (AvgIpc) is 2.35. The molecular formula is C14H20BrNO. The average molecular weight is 298 g/mol. The van der Waals surface area contributed by atoms with Gasteiger partial charge in [-0.15, -0.1) is 0 Å². The number of hydrogen-bond donors (Lipinski definition) is 0. The van der Waals surface area contributed by atoms with Crippen LogP contribution in [0.4, 0.5) is 0 Å². The highest BCUT2D eigenvalue weighted by Crippen LogP contribution is 2.18. The van der Waals surface area contributed by atoms with E-state index in [4.69, 9.17) is 0 Å². The summed E-state index contributed by atoms with van der Waals surface area (Å²) in [6.45, 7) is 7.94. The minimum Gasteiger partial charge on any atom is -0.339 e. The molecule has 3 heteroatoms. The zero-order chi connectivity index (χ0) is 12.8. The normalized spacial score (nSPS) is 12.2. The van der Waals surface area contributed by atoms with E-state index < -0.39 is 0 Å². The number of amides is 1. The molecule has 0 fully saturated rings. The first-order valence-corrected chi connectivity index (χ1v) is 6.93. The Hall–Kier alpha value is -0.830. The summed E-state index contributed by atoms with van der Waals surface area (Å²) in [6, 6.07) is 7.59. The monoisotopic (exact) mass is 297 g/mol. The van der Waals surface area contributed by atoms with Crippen LogP contribution in [0.1, 0.15) is 37.6 Å². The SMILES string of the molecule is CCC(C)CN(CC)C(=O)c1ccccc1Br. The molecule has 0 N–H and O–H groups in total. The molecule has 0 radical (unpaired) electrons. The molecule has 0 saturated heterocycles. The largest absolute Gasteiger partial charge is 0.339 e. The lowest BCUT2D eigenvalue weighted by Gasteiger charge is -2.24. The van der Waals surface area contributed by atoms with Crippen molar-refractivity contribution in [3.05, 3.63) is 34.3 Å². The molecule has 0 spiro atoms. The number of rotatable bonds is 5. The van der Waals surface area contributed by atoms with Crippen LogP contribution in [0, 0.1) is 5.92 Å². The summed E-state index contributed by atoms with van der Waals surface area (Å²) in [5.74, 6) is 0.654. The molecule has 0 aromatic heterocycles. The maximum atomic E-state index is 12.3. The van der Waals surface area contributed by atoms with E-state index >= 15 is 0 Å². The smallest absolute Gasteiger partial charge is 0.254 e. The van der Waals surface area contributed by atoms with E-state index in [0.29, 0.717) is 5.92 Å². The third kappa shape index (κ3) is 3.84. The fraction of sp³-hybridized carbons (Fsp3) is 0.500. The Morgan fingerprint density at radius 3 is 2.53 bits per heavy atom. The van der Waals surface area contributed by atoms with E-state index in [-0.39, 0.29) is 5.91 Å². The lowest BCUT2D eigenvalue weighted by atomic mass is 10.1. The van der Waals surface area contributed by atoms with Gasteiger partial charge >= 0.3 is 0 Å². The highest BCUT2D eigenvalue weighted by Gasteiger charge is 2.17. The molecule has 1 atom stereocenters. The number of nitrogens with zero attached hydrogens (tertiary/aromatic N) is 1. The van der Waals surface area contributed by atoms with Crippen molar-refractivity contribution in [2.75, 3.05) is 13.1 Å². The lowest BCUT2D eigenvalue weighted by molar-refractivity contribution is 0.0740. The van der Waals surface area contributed by atoms with Gasteiger partial charge in [0.15, 0.2) is 0 Å². The van der Waals surface area contributed by atoms with Gasteiger partial charge in [-0.2, -0.15) is 0 Å². The van der Waals surface area contributed by atoms with Crippen LogP contribution in [-0.2, 0) is 0 Å². The lowest BCUT2D eigenvalue weighted by Crippen LogP contribution is -2.34. The molecule has 1 aromatic carbocycles. The van der Waals surface area contributed by atoms with Crippen molar-refractivity contribution < 1.29 is 4.79 Å². The van der Waals surface area contributed by atoms with Crippen LogP contribution in [0.25, 0.3) is 0 Å². The highest BCUT2D eigenvalue weighted by atomic mass is 79.9. The molecule has 1 unspecified atom stereocenters. The Labute approximate surface area is 112 Å². The second-order valence-corrected chi connectivity index (χ2v) is 5.19. The molecule has 1 rings (SSSR count). The summed E-state index contributed by atoms with van der Waals surface area (Å²) < 4.78 is 0.868. The van der Waals surface area contributed by atoms with Gasteiger partial charge in [0.1, 0.15) is 0 Å². The van der Waals surface area contributed by atoms with Gasteiger partial charge in [-0.1, -0.05) is 32.4 Å². The van der Waals surface area contributed by atoms with Gasteiger partial charge in [-0.25, -0.2) is 0 Å². The van der Waals surface area contributed by atoms with Crippen LogP contribution in [0.5, 0.6) is 0 Å². The molecule has 0 saturated carbocycles. The van der Waals surface area contributed by atoms with Crippen LogP contribution in [-0.4, -0.2) is 23.9 Å². The Morgan fingerprint density at radius 1 is 1.35 bits per heavy atom. The number of benzene rings is 1. The van der Waals surface area contributed by atoms with Crippen LogP contribution in [0.15, 0.2) is 28.7 Å². The second kappa shape index (κ2) is 6.80. The van der Waals surface area contributed by atoms with Gasteiger partial charge in [-0.05, 0) is 40.9 Å². The molecular weight excluding hydrogens is 278 g/mol. The molecule has 94 valence electrons. The predicted octanol–water partition coefficient (Wildman–Crippen LogP) is 3.96. The van der Waals surface area contributed by atoms with Crippen molar-refractivity contribution in [2.45, 2.75) is 27.2 Å². The zero-order valence-electron chi connectivity index (χ0n) is 10.7. The van der Waals surface area contributed by atoms with Gasteiger partial charge in [0.25, 0.3) is 5.91 Å². The zero-order valence-corrected chi connectivity index (χ0v) is 12.3. The van der Waals surface area contributed by atoms with Crippen molar-refractivity contribution in [3.8, 4) is 0 Å².